The van der Waals surface area contributed by atoms with Crippen molar-refractivity contribution < 1.29 is 8.42 Å². The van der Waals surface area contributed by atoms with E-state index in [0.717, 1.165) is 29.8 Å². The van der Waals surface area contributed by atoms with Crippen LogP contribution >= 0.6 is 23.1 Å². The predicted molar refractivity (Wildman–Crippen MR) is 83.3 cm³/mol. The third-order valence-electron chi connectivity index (χ3n) is 2.66. The van der Waals surface area contributed by atoms with Crippen LogP contribution in [-0.2, 0) is 16.3 Å². The minimum absolute atomic E-state index is 0.0477. The average Bonchev–Trinajstić information content (AvgIpc) is 2.73. The molecule has 0 unspecified atom stereocenters. The minimum atomic E-state index is -3.38. The number of anilines is 2. The first-order chi connectivity index (χ1) is 9.38. The second-order valence-electron chi connectivity index (χ2n) is 4.30. The predicted octanol–water partition coefficient (Wildman–Crippen LogP) is 2.44. The number of nitrogens with two attached hydrogens (primary N) is 1. The maximum Gasteiger partial charge on any atom is 0.182 e. The summed E-state index contributed by atoms with van der Waals surface area (Å²) in [6.45, 7) is 0.589. The van der Waals surface area contributed by atoms with Gasteiger partial charge in [-0.2, -0.15) is 4.37 Å². The van der Waals surface area contributed by atoms with Crippen LogP contribution in [0.4, 0.5) is 10.8 Å². The van der Waals surface area contributed by atoms with Gasteiger partial charge in [-0.25, -0.2) is 8.42 Å². The molecule has 1 aromatic carbocycles. The van der Waals surface area contributed by atoms with Crippen LogP contribution in [0.1, 0.15) is 5.56 Å². The Kier molecular flexibility index (Phi) is 4.52. The van der Waals surface area contributed by atoms with Gasteiger partial charge in [0.05, 0.1) is 0 Å². The lowest BCUT2D eigenvalue weighted by Gasteiger charge is -2.06. The van der Waals surface area contributed by atoms with Crippen molar-refractivity contribution in [1.82, 2.24) is 4.37 Å². The van der Waals surface area contributed by atoms with E-state index < -0.39 is 9.84 Å². The SMILES string of the molecule is CS(=O)(=O)c1c(N)nsc1NCCc1ccc(Cl)cc1. The number of hydrogen-bond donors (Lipinski definition) is 2. The molecule has 0 aliphatic carbocycles. The Morgan fingerprint density at radius 1 is 1.35 bits per heavy atom. The summed E-state index contributed by atoms with van der Waals surface area (Å²) in [6, 6.07) is 7.51. The summed E-state index contributed by atoms with van der Waals surface area (Å²) in [7, 11) is -3.38. The first-order valence-electron chi connectivity index (χ1n) is 5.81. The van der Waals surface area contributed by atoms with Crippen LogP contribution in [0, 0.1) is 0 Å². The number of aromatic nitrogens is 1. The number of benzene rings is 1. The van der Waals surface area contributed by atoms with Gasteiger partial charge in [-0.05, 0) is 35.6 Å². The second-order valence-corrected chi connectivity index (χ2v) is 7.46. The van der Waals surface area contributed by atoms with Gasteiger partial charge in [-0.15, -0.1) is 0 Å². The Morgan fingerprint density at radius 3 is 2.60 bits per heavy atom. The molecule has 108 valence electrons. The summed E-state index contributed by atoms with van der Waals surface area (Å²) < 4.78 is 27.2. The van der Waals surface area contributed by atoms with Crippen LogP contribution in [0.2, 0.25) is 5.02 Å². The lowest BCUT2D eigenvalue weighted by molar-refractivity contribution is 0.602. The molecule has 0 saturated carbocycles. The van der Waals surface area contributed by atoms with Gasteiger partial charge in [-0.3, -0.25) is 0 Å². The molecule has 0 amide bonds. The Balaban J connectivity index is 2.03. The van der Waals surface area contributed by atoms with Crippen molar-refractivity contribution in [3.05, 3.63) is 34.9 Å². The maximum absolute atomic E-state index is 11.6. The number of nitrogens with one attached hydrogen (secondary N) is 1. The Hall–Kier alpha value is -1.31. The molecule has 0 spiro atoms. The van der Waals surface area contributed by atoms with Gasteiger partial charge >= 0.3 is 0 Å². The fourth-order valence-corrected chi connectivity index (χ4v) is 3.96. The minimum Gasteiger partial charge on any atom is -0.382 e. The molecule has 8 heteroatoms. The largest absolute Gasteiger partial charge is 0.382 e. The lowest BCUT2D eigenvalue weighted by Crippen LogP contribution is -2.08. The van der Waals surface area contributed by atoms with E-state index >= 15 is 0 Å². The average molecular weight is 332 g/mol. The summed E-state index contributed by atoms with van der Waals surface area (Å²) in [4.78, 5) is 0.0820. The van der Waals surface area contributed by atoms with Crippen LogP contribution in [0.5, 0.6) is 0 Å². The van der Waals surface area contributed by atoms with Crippen molar-refractivity contribution in [2.45, 2.75) is 11.3 Å². The molecule has 0 bridgehead atoms. The van der Waals surface area contributed by atoms with E-state index in [1.54, 1.807) is 0 Å². The topological polar surface area (TPSA) is 85.1 Å². The highest BCUT2D eigenvalue weighted by Crippen LogP contribution is 2.31. The molecule has 0 atom stereocenters. The summed E-state index contributed by atoms with van der Waals surface area (Å²) >= 11 is 6.87. The van der Waals surface area contributed by atoms with Crippen molar-refractivity contribution in [3.63, 3.8) is 0 Å². The van der Waals surface area contributed by atoms with E-state index in [2.05, 4.69) is 9.69 Å². The van der Waals surface area contributed by atoms with Crippen molar-refractivity contribution in [2.75, 3.05) is 23.9 Å². The van der Waals surface area contributed by atoms with E-state index in [0.29, 0.717) is 16.6 Å². The molecule has 2 aromatic rings. The van der Waals surface area contributed by atoms with Gasteiger partial charge in [0.2, 0.25) is 0 Å². The summed E-state index contributed by atoms with van der Waals surface area (Å²) in [5, 5.41) is 4.24. The van der Waals surface area contributed by atoms with Gasteiger partial charge in [-0.1, -0.05) is 23.7 Å². The summed E-state index contributed by atoms with van der Waals surface area (Å²) in [5.41, 5.74) is 6.70. The van der Waals surface area contributed by atoms with Crippen molar-refractivity contribution in [3.8, 4) is 0 Å². The highest BCUT2D eigenvalue weighted by atomic mass is 35.5. The quantitative estimate of drug-likeness (QED) is 0.879. The fraction of sp³-hybridized carbons (Fsp3) is 0.250. The van der Waals surface area contributed by atoms with E-state index in [4.69, 9.17) is 17.3 Å². The van der Waals surface area contributed by atoms with Crippen molar-refractivity contribution in [1.29, 1.82) is 0 Å². The zero-order valence-electron chi connectivity index (χ0n) is 10.8. The molecule has 0 fully saturated rings. The Bertz CT molecular complexity index is 696. The standard InChI is InChI=1S/C12H14ClN3O2S2/c1-20(17,18)10-11(14)16-19-12(10)15-7-6-8-2-4-9(13)5-3-8/h2-5,15H,6-7H2,1H3,(H2,14,16). The maximum atomic E-state index is 11.6. The molecule has 5 nitrogen and oxygen atoms in total. The normalized spacial score (nSPS) is 11.5. The molecule has 0 saturated heterocycles. The van der Waals surface area contributed by atoms with Crippen LogP contribution in [0.3, 0.4) is 0 Å². The molecule has 20 heavy (non-hydrogen) atoms. The first kappa shape index (κ1) is 15.1. The van der Waals surface area contributed by atoms with E-state index in [9.17, 15) is 8.42 Å². The number of sulfone groups is 1. The third kappa shape index (κ3) is 3.62. The van der Waals surface area contributed by atoms with Crippen molar-refractivity contribution in [2.24, 2.45) is 0 Å². The van der Waals surface area contributed by atoms with E-state index in [1.807, 2.05) is 24.3 Å². The van der Waals surface area contributed by atoms with Gasteiger partial charge in [0.25, 0.3) is 0 Å². The van der Waals surface area contributed by atoms with E-state index in [-0.39, 0.29) is 10.7 Å². The number of hydrogen-bond acceptors (Lipinski definition) is 6. The number of rotatable bonds is 5. The number of nitrogens with zero attached hydrogens (tertiary/aromatic N) is 1. The molecular formula is C12H14ClN3O2S2. The number of halogens is 1. The summed E-state index contributed by atoms with van der Waals surface area (Å²) in [5.74, 6) is 0.0477. The molecular weight excluding hydrogens is 318 g/mol. The van der Waals surface area contributed by atoms with Crippen LogP contribution in [-0.4, -0.2) is 25.6 Å². The summed E-state index contributed by atoms with van der Waals surface area (Å²) in [6.07, 6.45) is 1.87. The second kappa shape index (κ2) is 5.99. The monoisotopic (exact) mass is 331 g/mol. The molecule has 2 rings (SSSR count). The Labute approximate surface area is 126 Å². The fourth-order valence-electron chi connectivity index (χ4n) is 1.74. The van der Waals surface area contributed by atoms with E-state index in [1.165, 1.54) is 0 Å². The molecule has 0 aliphatic heterocycles. The zero-order valence-corrected chi connectivity index (χ0v) is 13.1. The molecule has 3 N–H and O–H groups in total. The van der Waals surface area contributed by atoms with Gasteiger partial charge in [0, 0.05) is 17.8 Å². The van der Waals surface area contributed by atoms with Gasteiger partial charge in [0.15, 0.2) is 15.7 Å². The molecule has 1 heterocycles. The van der Waals surface area contributed by atoms with Crippen molar-refractivity contribution >= 4 is 43.8 Å². The van der Waals surface area contributed by atoms with Crippen LogP contribution < -0.4 is 11.1 Å². The molecule has 1 aromatic heterocycles. The molecule has 0 radical (unpaired) electrons. The molecule has 0 aliphatic rings. The number of nitrogen functional groups attached to an aromatic ring is 1. The smallest absolute Gasteiger partial charge is 0.182 e. The lowest BCUT2D eigenvalue weighted by atomic mass is 10.1. The zero-order chi connectivity index (χ0) is 14.8. The first-order valence-corrected chi connectivity index (χ1v) is 8.85. The third-order valence-corrected chi connectivity index (χ3v) is 5.01. The van der Waals surface area contributed by atoms with Gasteiger partial charge in [0.1, 0.15) is 9.90 Å². The highest BCUT2D eigenvalue weighted by Gasteiger charge is 2.20. The Morgan fingerprint density at radius 2 is 2.00 bits per heavy atom. The van der Waals surface area contributed by atoms with Gasteiger partial charge < -0.3 is 11.1 Å². The van der Waals surface area contributed by atoms with Crippen LogP contribution in [0.25, 0.3) is 0 Å². The highest BCUT2D eigenvalue weighted by molar-refractivity contribution is 7.91. The van der Waals surface area contributed by atoms with Crippen LogP contribution in [0.15, 0.2) is 29.2 Å².